The summed E-state index contributed by atoms with van der Waals surface area (Å²) < 4.78 is 13.5. The molecule has 5 heteroatoms. The number of rotatable bonds is 4. The molecule has 1 amide bonds. The lowest BCUT2D eigenvalue weighted by Gasteiger charge is -2.16. The number of amides is 1. The van der Waals surface area contributed by atoms with Crippen LogP contribution in [0.15, 0.2) is 36.5 Å². The van der Waals surface area contributed by atoms with Crippen molar-refractivity contribution in [3.8, 4) is 0 Å². The highest BCUT2D eigenvalue weighted by molar-refractivity contribution is 5.98. The Morgan fingerprint density at radius 1 is 1.30 bits per heavy atom. The van der Waals surface area contributed by atoms with E-state index in [1.807, 2.05) is 0 Å². The van der Waals surface area contributed by atoms with Crippen molar-refractivity contribution in [2.75, 3.05) is 7.05 Å². The summed E-state index contributed by atoms with van der Waals surface area (Å²) in [5, 5.41) is 0. The van der Waals surface area contributed by atoms with Crippen LogP contribution in [0.1, 0.15) is 33.3 Å². The monoisotopic (exact) mass is 274 g/mol. The van der Waals surface area contributed by atoms with E-state index in [1.54, 1.807) is 25.2 Å². The van der Waals surface area contributed by atoms with Crippen molar-refractivity contribution < 1.29 is 14.0 Å². The van der Waals surface area contributed by atoms with E-state index >= 15 is 0 Å². The van der Waals surface area contributed by atoms with Gasteiger partial charge >= 0.3 is 0 Å². The lowest BCUT2D eigenvalue weighted by atomic mass is 10.2. The zero-order valence-electron chi connectivity index (χ0n) is 11.3. The number of Topliss-reactive ketones (excluding diaryl/α,β-unsaturated/α-hetero) is 1. The number of carbonyl (C=O) groups excluding carboxylic acids is 2. The molecule has 1 aromatic heterocycles. The van der Waals surface area contributed by atoms with Crippen LogP contribution in [-0.2, 0) is 6.54 Å². The summed E-state index contributed by atoms with van der Waals surface area (Å²) >= 11 is 0. The first kappa shape index (κ1) is 14.0. The summed E-state index contributed by atoms with van der Waals surface area (Å²) in [4.78, 5) is 27.5. The maximum atomic E-state index is 13.5. The number of aromatic nitrogens is 1. The third-order valence-electron chi connectivity index (χ3n) is 3.03. The third kappa shape index (κ3) is 2.93. The van der Waals surface area contributed by atoms with E-state index in [2.05, 4.69) is 4.98 Å². The minimum absolute atomic E-state index is 0.114. The van der Waals surface area contributed by atoms with Crippen molar-refractivity contribution in [2.45, 2.75) is 13.5 Å². The summed E-state index contributed by atoms with van der Waals surface area (Å²) in [7, 11) is 1.59. The molecule has 0 saturated carbocycles. The summed E-state index contributed by atoms with van der Waals surface area (Å²) in [6, 6.07) is 7.82. The largest absolute Gasteiger partial charge is 0.356 e. The van der Waals surface area contributed by atoms with Gasteiger partial charge in [0.15, 0.2) is 5.78 Å². The SMILES string of the molecule is CC(=O)c1c[nH]c(C(=O)N(C)Cc2ccccc2F)c1. The van der Waals surface area contributed by atoms with Gasteiger partial charge in [0.1, 0.15) is 11.5 Å². The molecule has 0 aliphatic carbocycles. The van der Waals surface area contributed by atoms with Gasteiger partial charge < -0.3 is 9.88 Å². The highest BCUT2D eigenvalue weighted by Crippen LogP contribution is 2.12. The van der Waals surface area contributed by atoms with Gasteiger partial charge in [-0.25, -0.2) is 4.39 Å². The van der Waals surface area contributed by atoms with Gasteiger partial charge in [0.2, 0.25) is 0 Å². The summed E-state index contributed by atoms with van der Waals surface area (Å²) in [5.41, 5.74) is 1.21. The maximum Gasteiger partial charge on any atom is 0.270 e. The van der Waals surface area contributed by atoms with Crippen LogP contribution < -0.4 is 0 Å². The number of hydrogen-bond acceptors (Lipinski definition) is 2. The molecule has 0 spiro atoms. The molecule has 0 radical (unpaired) electrons. The fourth-order valence-corrected chi connectivity index (χ4v) is 1.88. The summed E-state index contributed by atoms with van der Waals surface area (Å²) in [6.45, 7) is 1.60. The second-order valence-electron chi connectivity index (χ2n) is 4.61. The zero-order valence-corrected chi connectivity index (χ0v) is 11.3. The van der Waals surface area contributed by atoms with E-state index in [9.17, 15) is 14.0 Å². The first-order valence-electron chi connectivity index (χ1n) is 6.17. The van der Waals surface area contributed by atoms with Crippen LogP contribution in [-0.4, -0.2) is 28.6 Å². The Balaban J connectivity index is 2.12. The van der Waals surface area contributed by atoms with E-state index in [0.717, 1.165) is 0 Å². The van der Waals surface area contributed by atoms with Gasteiger partial charge in [0.25, 0.3) is 5.91 Å². The van der Waals surface area contributed by atoms with Gasteiger partial charge in [-0.2, -0.15) is 0 Å². The predicted octanol–water partition coefficient (Wildman–Crippen LogP) is 2.63. The molecule has 1 N–H and O–H groups in total. The minimum Gasteiger partial charge on any atom is -0.356 e. The maximum absolute atomic E-state index is 13.5. The molecule has 4 nitrogen and oxygen atoms in total. The van der Waals surface area contributed by atoms with E-state index < -0.39 is 0 Å². The van der Waals surface area contributed by atoms with Crippen LogP contribution in [0, 0.1) is 5.82 Å². The average molecular weight is 274 g/mol. The molecule has 104 valence electrons. The molecule has 0 saturated heterocycles. The number of hydrogen-bond donors (Lipinski definition) is 1. The molecule has 2 aromatic rings. The van der Waals surface area contributed by atoms with Crippen molar-refractivity contribution in [1.82, 2.24) is 9.88 Å². The average Bonchev–Trinajstić information content (AvgIpc) is 2.90. The second kappa shape index (κ2) is 5.69. The summed E-state index contributed by atoms with van der Waals surface area (Å²) in [6.07, 6.45) is 1.49. The van der Waals surface area contributed by atoms with Crippen LogP contribution in [0.2, 0.25) is 0 Å². The molecule has 2 rings (SSSR count). The number of nitrogens with zero attached hydrogens (tertiary/aromatic N) is 1. The first-order chi connectivity index (χ1) is 9.49. The normalized spacial score (nSPS) is 10.3. The van der Waals surface area contributed by atoms with Gasteiger partial charge in [-0.1, -0.05) is 18.2 Å². The molecule has 0 aliphatic rings. The van der Waals surface area contributed by atoms with Gasteiger partial charge in [-0.15, -0.1) is 0 Å². The number of ketones is 1. The second-order valence-corrected chi connectivity index (χ2v) is 4.61. The van der Waals surface area contributed by atoms with E-state index in [-0.39, 0.29) is 24.1 Å². The van der Waals surface area contributed by atoms with E-state index in [1.165, 1.54) is 30.2 Å². The van der Waals surface area contributed by atoms with Crippen LogP contribution in [0.25, 0.3) is 0 Å². The topological polar surface area (TPSA) is 53.2 Å². The van der Waals surface area contributed by atoms with Crippen molar-refractivity contribution in [3.63, 3.8) is 0 Å². The molecule has 20 heavy (non-hydrogen) atoms. The summed E-state index contributed by atoms with van der Waals surface area (Å²) in [5.74, 6) is -0.749. The highest BCUT2D eigenvalue weighted by atomic mass is 19.1. The number of halogens is 1. The first-order valence-corrected chi connectivity index (χ1v) is 6.17. The fraction of sp³-hybridized carbons (Fsp3) is 0.200. The molecule has 1 aromatic carbocycles. The molecule has 1 heterocycles. The molecular formula is C15H15FN2O2. The molecule has 0 bridgehead atoms. The van der Waals surface area contributed by atoms with Crippen LogP contribution in [0.3, 0.4) is 0 Å². The Hall–Kier alpha value is -2.43. The van der Waals surface area contributed by atoms with Crippen molar-refractivity contribution in [2.24, 2.45) is 0 Å². The van der Waals surface area contributed by atoms with Crippen LogP contribution in [0.4, 0.5) is 4.39 Å². The lowest BCUT2D eigenvalue weighted by Crippen LogP contribution is -2.26. The smallest absolute Gasteiger partial charge is 0.270 e. The molecule has 0 aliphatic heterocycles. The predicted molar refractivity (Wildman–Crippen MR) is 73.0 cm³/mol. The highest BCUT2D eigenvalue weighted by Gasteiger charge is 2.16. The zero-order chi connectivity index (χ0) is 14.7. The molecular weight excluding hydrogens is 259 g/mol. The van der Waals surface area contributed by atoms with E-state index in [0.29, 0.717) is 16.8 Å². The molecule has 0 unspecified atom stereocenters. The van der Waals surface area contributed by atoms with Crippen LogP contribution >= 0.6 is 0 Å². The van der Waals surface area contributed by atoms with Gasteiger partial charge in [0.05, 0.1) is 0 Å². The van der Waals surface area contributed by atoms with Gasteiger partial charge in [-0.3, -0.25) is 9.59 Å². The van der Waals surface area contributed by atoms with Crippen LogP contribution in [0.5, 0.6) is 0 Å². The Bertz CT molecular complexity index is 649. The third-order valence-corrected chi connectivity index (χ3v) is 3.03. The van der Waals surface area contributed by atoms with Crippen molar-refractivity contribution in [1.29, 1.82) is 0 Å². The fourth-order valence-electron chi connectivity index (χ4n) is 1.88. The molecule has 0 fully saturated rings. The Kier molecular flexibility index (Phi) is 3.98. The minimum atomic E-state index is -0.344. The lowest BCUT2D eigenvalue weighted by molar-refractivity contribution is 0.0778. The number of H-pyrrole nitrogens is 1. The number of aromatic amines is 1. The number of carbonyl (C=O) groups is 2. The van der Waals surface area contributed by atoms with Crippen molar-refractivity contribution >= 4 is 11.7 Å². The van der Waals surface area contributed by atoms with Gasteiger partial charge in [-0.05, 0) is 19.1 Å². The Labute approximate surface area is 116 Å². The quantitative estimate of drug-likeness (QED) is 0.871. The number of benzene rings is 1. The Morgan fingerprint density at radius 2 is 2.00 bits per heavy atom. The van der Waals surface area contributed by atoms with Gasteiger partial charge in [0, 0.05) is 30.9 Å². The Morgan fingerprint density at radius 3 is 2.60 bits per heavy atom. The van der Waals surface area contributed by atoms with Crippen molar-refractivity contribution in [3.05, 3.63) is 59.2 Å². The van der Waals surface area contributed by atoms with E-state index in [4.69, 9.17) is 0 Å². The standard InChI is InChI=1S/C15H15FN2O2/c1-10(19)12-7-14(17-8-12)15(20)18(2)9-11-5-3-4-6-13(11)16/h3-8,17H,9H2,1-2H3. The molecule has 0 atom stereocenters. The number of nitrogens with one attached hydrogen (secondary N) is 1.